The first-order chi connectivity index (χ1) is 29.1. The van der Waals surface area contributed by atoms with Crippen molar-refractivity contribution in [1.82, 2.24) is 0 Å². The normalized spacial score (nSPS) is 19.9. The van der Waals surface area contributed by atoms with Crippen LogP contribution in [0.1, 0.15) is 38.2 Å². The molecule has 0 bridgehead atoms. The molecule has 0 amide bonds. The van der Waals surface area contributed by atoms with E-state index in [1.807, 2.05) is 0 Å². The lowest BCUT2D eigenvalue weighted by atomic mass is 9.26. The molecule has 4 aliphatic rings. The molecule has 0 radical (unpaired) electrons. The van der Waals surface area contributed by atoms with E-state index in [9.17, 15) is 0 Å². The van der Waals surface area contributed by atoms with Gasteiger partial charge in [0.1, 0.15) is 22.9 Å². The first-order valence-electron chi connectivity index (χ1n) is 21.1. The molecule has 4 unspecified atom stereocenters. The van der Waals surface area contributed by atoms with Crippen LogP contribution >= 0.6 is 0 Å². The molecule has 0 N–H and O–H groups in total. The van der Waals surface area contributed by atoms with E-state index in [-0.39, 0.29) is 30.4 Å². The van der Waals surface area contributed by atoms with Crippen LogP contribution in [0.5, 0.6) is 5.75 Å². The molecular weight excluding hydrogens is 719 g/mol. The number of benzene rings is 6. The number of hydrogen-bond donors (Lipinski definition) is 0. The summed E-state index contributed by atoms with van der Waals surface area (Å²) in [7, 11) is 0. The Balaban J connectivity index is 1.16. The molecule has 286 valence electrons. The monoisotopic (exact) mass is 764 g/mol. The van der Waals surface area contributed by atoms with Gasteiger partial charge in [-0.25, -0.2) is 0 Å². The van der Waals surface area contributed by atoms with Gasteiger partial charge in [0.2, 0.25) is 6.71 Å². The number of allylic oxidation sites excluding steroid dienone is 6. The Hall–Kier alpha value is -6.72. The van der Waals surface area contributed by atoms with Gasteiger partial charge in [0.15, 0.2) is 0 Å². The van der Waals surface area contributed by atoms with Crippen molar-refractivity contribution >= 4 is 57.0 Å². The summed E-state index contributed by atoms with van der Waals surface area (Å²) in [4.78, 5) is 4.86. The molecular formula is C54H45BN2O2. The van der Waals surface area contributed by atoms with Crippen LogP contribution in [0.4, 0.5) is 28.4 Å². The maximum Gasteiger partial charge on any atom is 0.225 e. The minimum Gasteiger partial charge on any atom is -0.463 e. The fourth-order valence-corrected chi connectivity index (χ4v) is 10.5. The van der Waals surface area contributed by atoms with Crippen molar-refractivity contribution in [3.8, 4) is 17.1 Å². The molecule has 11 rings (SSSR count). The van der Waals surface area contributed by atoms with Gasteiger partial charge in [-0.3, -0.25) is 0 Å². The second-order valence-corrected chi connectivity index (χ2v) is 16.3. The van der Waals surface area contributed by atoms with Crippen LogP contribution in [0.15, 0.2) is 204 Å². The maximum atomic E-state index is 7.13. The van der Waals surface area contributed by atoms with Gasteiger partial charge < -0.3 is 19.0 Å². The smallest absolute Gasteiger partial charge is 0.225 e. The summed E-state index contributed by atoms with van der Waals surface area (Å²) in [5.74, 6) is 3.56. The molecule has 0 saturated heterocycles. The van der Waals surface area contributed by atoms with E-state index in [4.69, 9.17) is 9.15 Å². The summed E-state index contributed by atoms with van der Waals surface area (Å²) in [5.41, 5.74) is 12.9. The van der Waals surface area contributed by atoms with Crippen molar-refractivity contribution in [2.24, 2.45) is 5.92 Å². The zero-order chi connectivity index (χ0) is 39.5. The van der Waals surface area contributed by atoms with Gasteiger partial charge in [0.05, 0.1) is 11.7 Å². The Morgan fingerprint density at radius 1 is 0.695 bits per heavy atom. The van der Waals surface area contributed by atoms with E-state index in [2.05, 4.69) is 212 Å². The van der Waals surface area contributed by atoms with Gasteiger partial charge in [0.25, 0.3) is 0 Å². The highest BCUT2D eigenvalue weighted by Gasteiger charge is 2.52. The number of hydrogen-bond acceptors (Lipinski definition) is 4. The summed E-state index contributed by atoms with van der Waals surface area (Å²) in [5, 5.41) is 1.10. The second kappa shape index (κ2) is 14.6. The largest absolute Gasteiger partial charge is 0.463 e. The number of fused-ring (bicyclic) bond motifs is 5. The molecule has 59 heavy (non-hydrogen) atoms. The van der Waals surface area contributed by atoms with Crippen LogP contribution < -0.4 is 25.5 Å². The van der Waals surface area contributed by atoms with E-state index in [0.717, 1.165) is 69.4 Å². The number of nitrogens with zero attached hydrogens (tertiary/aromatic N) is 2. The molecule has 0 saturated carbocycles. The number of ether oxygens (including phenoxy) is 1. The lowest BCUT2D eigenvalue weighted by Crippen LogP contribution is -2.58. The topological polar surface area (TPSA) is 28.9 Å². The van der Waals surface area contributed by atoms with E-state index in [0.29, 0.717) is 0 Å². The van der Waals surface area contributed by atoms with Crippen LogP contribution in [0.25, 0.3) is 22.3 Å². The van der Waals surface area contributed by atoms with Crippen molar-refractivity contribution in [3.05, 3.63) is 205 Å². The lowest BCUT2D eigenvalue weighted by molar-refractivity contribution is 0.345. The van der Waals surface area contributed by atoms with Crippen LogP contribution in [0.3, 0.4) is 0 Å². The standard InChI is InChI=1S/C54H45BN2O2/c1-3-43-44-32-36(2)33-51-54(44)55(45-29-28-42(35-49(45)59-51)56(38-19-8-4-9-20-38)39-21-10-5-11-22-39)46-30-31-47(53(52(43)46)50-34-37-18-16-17-27-48(37)58-50)57(40-23-12-6-13-24-40)41-25-14-7-15-26-41/h4-21,23-35,39,43-44,54H,3,22H2,1-2H3. The Kier molecular flexibility index (Phi) is 8.76. The third-order valence-electron chi connectivity index (χ3n) is 12.9. The van der Waals surface area contributed by atoms with Gasteiger partial charge in [-0.05, 0) is 109 Å². The average Bonchev–Trinajstić information content (AvgIpc) is 3.72. The summed E-state index contributed by atoms with van der Waals surface area (Å²) >= 11 is 0. The predicted molar refractivity (Wildman–Crippen MR) is 246 cm³/mol. The summed E-state index contributed by atoms with van der Waals surface area (Å²) in [6, 6.07) is 54.9. The van der Waals surface area contributed by atoms with Crippen LogP contribution in [0.2, 0.25) is 5.82 Å². The number of rotatable bonds is 8. The van der Waals surface area contributed by atoms with Gasteiger partial charge in [0, 0.05) is 45.6 Å². The Labute approximate surface area is 347 Å². The summed E-state index contributed by atoms with van der Waals surface area (Å²) < 4.78 is 14.1. The SMILES string of the molecule is CCC1c2c(ccc(N(c3ccccc3)c3ccccc3)c2-c2cc3ccccc3o2)B2c3ccc(N(c4ccccc4)C4C=CC=CC4)cc3OC3=CC(C)=CC1C23. The fourth-order valence-electron chi connectivity index (χ4n) is 10.5. The quantitative estimate of drug-likeness (QED) is 0.144. The molecule has 0 fully saturated rings. The Bertz CT molecular complexity index is 2750. The molecule has 1 aromatic heterocycles. The zero-order valence-electron chi connectivity index (χ0n) is 33.4. The average molecular weight is 765 g/mol. The molecule has 7 aromatic rings. The maximum absolute atomic E-state index is 7.13. The first kappa shape index (κ1) is 35.4. The third-order valence-corrected chi connectivity index (χ3v) is 12.9. The van der Waals surface area contributed by atoms with Crippen LogP contribution in [-0.2, 0) is 0 Å². The van der Waals surface area contributed by atoms with Crippen molar-refractivity contribution in [2.75, 3.05) is 9.80 Å². The van der Waals surface area contributed by atoms with Crippen molar-refractivity contribution in [3.63, 3.8) is 0 Å². The minimum absolute atomic E-state index is 0.0907. The van der Waals surface area contributed by atoms with Gasteiger partial charge >= 0.3 is 0 Å². The first-order valence-corrected chi connectivity index (χ1v) is 21.1. The molecule has 0 spiro atoms. The highest BCUT2D eigenvalue weighted by Crippen LogP contribution is 2.55. The lowest BCUT2D eigenvalue weighted by Gasteiger charge is -2.48. The molecule has 6 aromatic carbocycles. The van der Waals surface area contributed by atoms with Crippen LogP contribution in [0, 0.1) is 5.92 Å². The Morgan fingerprint density at radius 3 is 2.08 bits per heavy atom. The molecule has 5 heteroatoms. The fraction of sp³-hybridized carbons (Fsp3) is 0.148. The molecule has 4 nitrogen and oxygen atoms in total. The number of anilines is 5. The highest BCUT2D eigenvalue weighted by molar-refractivity contribution is 6.88. The van der Waals surface area contributed by atoms with E-state index >= 15 is 0 Å². The van der Waals surface area contributed by atoms with Crippen molar-refractivity contribution in [2.45, 2.75) is 44.5 Å². The number of furan rings is 1. The summed E-state index contributed by atoms with van der Waals surface area (Å²) in [6.45, 7) is 4.68. The van der Waals surface area contributed by atoms with E-state index in [1.165, 1.54) is 27.7 Å². The molecule has 2 aliphatic heterocycles. The van der Waals surface area contributed by atoms with Crippen LogP contribution in [-0.4, -0.2) is 12.8 Å². The third kappa shape index (κ3) is 5.98. The Morgan fingerprint density at radius 2 is 1.39 bits per heavy atom. The van der Waals surface area contributed by atoms with Crippen molar-refractivity contribution < 1.29 is 9.15 Å². The van der Waals surface area contributed by atoms with Gasteiger partial charge in [-0.1, -0.05) is 133 Å². The molecule has 3 heterocycles. The van der Waals surface area contributed by atoms with Crippen molar-refractivity contribution in [1.29, 1.82) is 0 Å². The zero-order valence-corrected chi connectivity index (χ0v) is 33.4. The number of para-hydroxylation sites is 4. The van der Waals surface area contributed by atoms with E-state index < -0.39 is 0 Å². The highest BCUT2D eigenvalue weighted by atomic mass is 16.5. The van der Waals surface area contributed by atoms with Gasteiger partial charge in [-0.15, -0.1) is 0 Å². The minimum atomic E-state index is 0.0907. The van der Waals surface area contributed by atoms with E-state index in [1.54, 1.807) is 0 Å². The molecule has 4 atom stereocenters. The summed E-state index contributed by atoms with van der Waals surface area (Å²) in [6.07, 6.45) is 15.6. The predicted octanol–water partition coefficient (Wildman–Crippen LogP) is 12.9. The van der Waals surface area contributed by atoms with Gasteiger partial charge in [-0.2, -0.15) is 0 Å². The second-order valence-electron chi connectivity index (χ2n) is 16.3. The molecule has 2 aliphatic carbocycles.